The van der Waals surface area contributed by atoms with Gasteiger partial charge in [0.2, 0.25) is 0 Å². The van der Waals surface area contributed by atoms with Crippen LogP contribution < -0.4 is 0 Å². The quantitative estimate of drug-likeness (QED) is 0.701. The maximum atomic E-state index is 10.7. The molecule has 1 saturated heterocycles. The molecule has 70 valence electrons. The molecule has 0 N–H and O–H groups in total. The highest BCUT2D eigenvalue weighted by Gasteiger charge is 2.13. The van der Waals surface area contributed by atoms with Gasteiger partial charge in [0.05, 0.1) is 4.58 Å². The minimum Gasteiger partial charge on any atom is -0.300 e. The predicted molar refractivity (Wildman–Crippen MR) is 57.9 cm³/mol. The normalized spacial score (nSPS) is 19.4. The van der Waals surface area contributed by atoms with Crippen LogP contribution in [0.15, 0.2) is 0 Å². The van der Waals surface area contributed by atoms with E-state index in [4.69, 9.17) is 0 Å². The fraction of sp³-hybridized carbons (Fsp3) is 0.889. The summed E-state index contributed by atoms with van der Waals surface area (Å²) in [4.78, 5) is 10.7. The maximum Gasteiger partial charge on any atom is 0.129 e. The van der Waals surface area contributed by atoms with Gasteiger partial charge in [-0.15, -0.1) is 23.5 Å². The molecule has 3 heteroatoms. The van der Waals surface area contributed by atoms with E-state index in [1.54, 1.807) is 6.92 Å². The molecule has 1 aliphatic heterocycles. The van der Waals surface area contributed by atoms with Crippen LogP contribution in [0, 0.1) is 0 Å². The Morgan fingerprint density at radius 2 is 2.08 bits per heavy atom. The molecular formula is C9H16OS2. The van der Waals surface area contributed by atoms with Gasteiger partial charge in [0, 0.05) is 6.42 Å². The largest absolute Gasteiger partial charge is 0.300 e. The summed E-state index contributed by atoms with van der Waals surface area (Å²) in [7, 11) is 0. The Bertz CT molecular complexity index is 141. The van der Waals surface area contributed by atoms with Crippen molar-refractivity contribution in [2.45, 2.75) is 37.2 Å². The lowest BCUT2D eigenvalue weighted by atomic mass is 10.2. The summed E-state index contributed by atoms with van der Waals surface area (Å²) in [6.07, 6.45) is 4.44. The number of Topliss-reactive ketones (excluding diaryl/α,β-unsaturated/α-hetero) is 1. The average Bonchev–Trinajstić information content (AvgIpc) is 2.05. The fourth-order valence-corrected chi connectivity index (χ4v) is 4.18. The van der Waals surface area contributed by atoms with E-state index < -0.39 is 0 Å². The zero-order valence-corrected chi connectivity index (χ0v) is 9.18. The van der Waals surface area contributed by atoms with Crippen LogP contribution in [-0.2, 0) is 4.79 Å². The second-order valence-electron chi connectivity index (χ2n) is 3.12. The van der Waals surface area contributed by atoms with E-state index in [0.29, 0.717) is 5.78 Å². The standard InChI is InChI=1S/C9H16OS2/c1-8(10)4-2-5-9-11-6-3-7-12-9/h9H,2-7H2,1H3. The van der Waals surface area contributed by atoms with Gasteiger partial charge in [0.15, 0.2) is 0 Å². The van der Waals surface area contributed by atoms with Crippen LogP contribution >= 0.6 is 23.5 Å². The molecule has 0 amide bonds. The smallest absolute Gasteiger partial charge is 0.129 e. The molecule has 1 heterocycles. The molecule has 0 bridgehead atoms. The third kappa shape index (κ3) is 4.41. The first-order valence-electron chi connectivity index (χ1n) is 4.51. The lowest BCUT2D eigenvalue weighted by Gasteiger charge is -2.20. The van der Waals surface area contributed by atoms with Crippen molar-refractivity contribution in [1.29, 1.82) is 0 Å². The van der Waals surface area contributed by atoms with Crippen molar-refractivity contribution >= 4 is 29.3 Å². The average molecular weight is 204 g/mol. The van der Waals surface area contributed by atoms with Crippen molar-refractivity contribution in [3.63, 3.8) is 0 Å². The number of thioether (sulfide) groups is 2. The zero-order valence-electron chi connectivity index (χ0n) is 7.54. The summed E-state index contributed by atoms with van der Waals surface area (Å²) in [6, 6.07) is 0. The molecule has 1 nitrogen and oxygen atoms in total. The van der Waals surface area contributed by atoms with E-state index in [-0.39, 0.29) is 0 Å². The minimum absolute atomic E-state index is 0.334. The van der Waals surface area contributed by atoms with Gasteiger partial charge in [-0.1, -0.05) is 0 Å². The first kappa shape index (κ1) is 10.5. The van der Waals surface area contributed by atoms with Gasteiger partial charge in [-0.3, -0.25) is 0 Å². The number of ketones is 1. The number of hydrogen-bond acceptors (Lipinski definition) is 3. The summed E-state index contributed by atoms with van der Waals surface area (Å²) in [5.41, 5.74) is 0. The van der Waals surface area contributed by atoms with E-state index >= 15 is 0 Å². The summed E-state index contributed by atoms with van der Waals surface area (Å²) in [5.74, 6) is 2.97. The van der Waals surface area contributed by atoms with Crippen molar-refractivity contribution < 1.29 is 4.79 Å². The molecule has 0 radical (unpaired) electrons. The lowest BCUT2D eigenvalue weighted by Crippen LogP contribution is -2.06. The van der Waals surface area contributed by atoms with Crippen LogP contribution in [0.5, 0.6) is 0 Å². The Morgan fingerprint density at radius 1 is 1.42 bits per heavy atom. The molecule has 0 saturated carbocycles. The Hall–Kier alpha value is 0.370. The van der Waals surface area contributed by atoms with Crippen molar-refractivity contribution in [1.82, 2.24) is 0 Å². The van der Waals surface area contributed by atoms with Crippen LogP contribution in [0.3, 0.4) is 0 Å². The molecule has 1 fully saturated rings. The highest BCUT2D eigenvalue weighted by molar-refractivity contribution is 8.17. The molecule has 1 rings (SSSR count). The van der Waals surface area contributed by atoms with Crippen molar-refractivity contribution in [2.24, 2.45) is 0 Å². The van der Waals surface area contributed by atoms with E-state index in [9.17, 15) is 4.79 Å². The Labute approximate surface area is 83.1 Å². The minimum atomic E-state index is 0.334. The summed E-state index contributed by atoms with van der Waals surface area (Å²) < 4.78 is 0.776. The monoisotopic (exact) mass is 204 g/mol. The molecular weight excluding hydrogens is 188 g/mol. The third-order valence-corrected chi connectivity index (χ3v) is 4.95. The van der Waals surface area contributed by atoms with Crippen molar-refractivity contribution in [3.05, 3.63) is 0 Å². The molecule has 0 aliphatic carbocycles. The van der Waals surface area contributed by atoms with Gasteiger partial charge >= 0.3 is 0 Å². The molecule has 0 aromatic carbocycles. The number of rotatable bonds is 4. The van der Waals surface area contributed by atoms with Gasteiger partial charge in [0.1, 0.15) is 5.78 Å². The Morgan fingerprint density at radius 3 is 2.67 bits per heavy atom. The third-order valence-electron chi connectivity index (χ3n) is 1.86. The second kappa shape index (κ2) is 5.92. The predicted octanol–water partition coefficient (Wildman–Crippen LogP) is 2.94. The van der Waals surface area contributed by atoms with Crippen LogP contribution in [0.2, 0.25) is 0 Å². The fourth-order valence-electron chi connectivity index (χ4n) is 1.22. The van der Waals surface area contributed by atoms with E-state index in [1.807, 2.05) is 0 Å². The van der Waals surface area contributed by atoms with Gasteiger partial charge in [-0.25, -0.2) is 0 Å². The van der Waals surface area contributed by atoms with E-state index in [0.717, 1.165) is 17.4 Å². The second-order valence-corrected chi connectivity index (χ2v) is 6.04. The number of hydrogen-bond donors (Lipinski definition) is 0. The van der Waals surface area contributed by atoms with Gasteiger partial charge in [-0.05, 0) is 37.7 Å². The van der Waals surface area contributed by atoms with Crippen molar-refractivity contribution in [3.8, 4) is 0 Å². The van der Waals surface area contributed by atoms with Crippen LogP contribution in [-0.4, -0.2) is 21.9 Å². The van der Waals surface area contributed by atoms with Crippen molar-refractivity contribution in [2.75, 3.05) is 11.5 Å². The van der Waals surface area contributed by atoms with Gasteiger partial charge in [0.25, 0.3) is 0 Å². The topological polar surface area (TPSA) is 17.1 Å². The molecule has 0 atom stereocenters. The molecule has 0 aromatic rings. The molecule has 0 spiro atoms. The highest BCUT2D eigenvalue weighted by atomic mass is 32.2. The van der Waals surface area contributed by atoms with Crippen LogP contribution in [0.4, 0.5) is 0 Å². The molecule has 0 unspecified atom stereocenters. The van der Waals surface area contributed by atoms with E-state index in [1.165, 1.54) is 24.3 Å². The lowest BCUT2D eigenvalue weighted by molar-refractivity contribution is -0.117. The summed E-state index contributed by atoms with van der Waals surface area (Å²) in [6.45, 7) is 1.68. The van der Waals surface area contributed by atoms with Crippen LogP contribution in [0.1, 0.15) is 32.6 Å². The summed E-state index contributed by atoms with van der Waals surface area (Å²) >= 11 is 4.13. The summed E-state index contributed by atoms with van der Waals surface area (Å²) in [5, 5.41) is 0. The first-order valence-corrected chi connectivity index (χ1v) is 6.61. The van der Waals surface area contributed by atoms with Gasteiger partial charge < -0.3 is 4.79 Å². The highest BCUT2D eigenvalue weighted by Crippen LogP contribution is 2.33. The van der Waals surface area contributed by atoms with Gasteiger partial charge in [-0.2, -0.15) is 0 Å². The first-order chi connectivity index (χ1) is 5.79. The molecule has 0 aromatic heterocycles. The van der Waals surface area contributed by atoms with Crippen LogP contribution in [0.25, 0.3) is 0 Å². The van der Waals surface area contributed by atoms with E-state index in [2.05, 4.69) is 23.5 Å². The molecule has 12 heavy (non-hydrogen) atoms. The molecule has 1 aliphatic rings. The Balaban J connectivity index is 2.01. The SMILES string of the molecule is CC(=O)CCCC1SCCCS1. The number of carbonyl (C=O) groups is 1. The number of carbonyl (C=O) groups excluding carboxylic acids is 1. The zero-order chi connectivity index (χ0) is 8.81. The maximum absolute atomic E-state index is 10.7. The Kier molecular flexibility index (Phi) is 5.16.